The molecule has 1 unspecified atom stereocenters. The number of likely N-dealkylation sites (tertiary alicyclic amines) is 2. The highest BCUT2D eigenvalue weighted by atomic mass is 19.3. The third-order valence-corrected chi connectivity index (χ3v) is 6.11. The Balaban J connectivity index is 1.55. The third-order valence-electron chi connectivity index (χ3n) is 6.11. The molecule has 2 saturated heterocycles. The second-order valence-electron chi connectivity index (χ2n) is 8.75. The van der Waals surface area contributed by atoms with Crippen molar-refractivity contribution in [2.24, 2.45) is 12.5 Å². The molecule has 0 aliphatic carbocycles. The van der Waals surface area contributed by atoms with Crippen molar-refractivity contribution in [1.29, 1.82) is 0 Å². The van der Waals surface area contributed by atoms with Crippen molar-refractivity contribution in [3.8, 4) is 0 Å². The SMILES string of the molecule is Cc1cc(CN2CCCC3(CN(Cc4ccc(=O)[nH]c4)CC(F)(F)C3)C2=O)n(C)n1. The normalized spacial score (nSPS) is 24.5. The fourth-order valence-electron chi connectivity index (χ4n) is 4.95. The standard InChI is InChI=1S/C21H27F2N5O2/c1-15-8-17(26(2)25-15)11-28-7-3-6-20(19(28)30)12-21(22,23)14-27(13-20)10-16-4-5-18(29)24-9-16/h4-5,8-9H,3,6-7,10-14H2,1-2H3,(H,24,29). The largest absolute Gasteiger partial charge is 0.336 e. The number of nitrogens with zero attached hydrogens (tertiary/aromatic N) is 4. The van der Waals surface area contributed by atoms with E-state index in [9.17, 15) is 18.4 Å². The minimum absolute atomic E-state index is 0.196. The van der Waals surface area contributed by atoms with Gasteiger partial charge in [0.1, 0.15) is 0 Å². The van der Waals surface area contributed by atoms with Crippen LogP contribution >= 0.6 is 0 Å². The van der Waals surface area contributed by atoms with Crippen molar-refractivity contribution >= 4 is 5.91 Å². The number of halogens is 2. The summed E-state index contributed by atoms with van der Waals surface area (Å²) < 4.78 is 31.3. The number of rotatable bonds is 4. The van der Waals surface area contributed by atoms with Crippen molar-refractivity contribution in [2.75, 3.05) is 19.6 Å². The van der Waals surface area contributed by atoms with Gasteiger partial charge in [-0.1, -0.05) is 6.07 Å². The maximum absolute atomic E-state index is 14.8. The molecule has 2 aromatic heterocycles. The number of aryl methyl sites for hydroxylation is 2. The van der Waals surface area contributed by atoms with E-state index in [2.05, 4.69) is 10.1 Å². The van der Waals surface area contributed by atoms with Crippen LogP contribution in [0.1, 0.15) is 36.2 Å². The van der Waals surface area contributed by atoms with Gasteiger partial charge in [-0.05, 0) is 31.4 Å². The summed E-state index contributed by atoms with van der Waals surface area (Å²) in [4.78, 5) is 30.6. The molecule has 7 nitrogen and oxygen atoms in total. The van der Waals surface area contributed by atoms with E-state index in [1.807, 2.05) is 20.0 Å². The first-order chi connectivity index (χ1) is 14.2. The summed E-state index contributed by atoms with van der Waals surface area (Å²) in [5.74, 6) is -3.14. The highest BCUT2D eigenvalue weighted by Crippen LogP contribution is 2.45. The lowest BCUT2D eigenvalue weighted by atomic mass is 9.71. The Kier molecular flexibility index (Phi) is 5.25. The number of amides is 1. The predicted octanol–water partition coefficient (Wildman–Crippen LogP) is 2.07. The molecule has 1 amide bonds. The van der Waals surface area contributed by atoms with Crippen molar-refractivity contribution in [3.63, 3.8) is 0 Å². The van der Waals surface area contributed by atoms with E-state index in [0.29, 0.717) is 32.5 Å². The monoisotopic (exact) mass is 419 g/mol. The number of hydrogen-bond acceptors (Lipinski definition) is 4. The molecule has 162 valence electrons. The maximum Gasteiger partial charge on any atom is 0.261 e. The van der Waals surface area contributed by atoms with Crippen molar-refractivity contribution < 1.29 is 13.6 Å². The van der Waals surface area contributed by atoms with E-state index < -0.39 is 17.8 Å². The number of carbonyl (C=O) groups is 1. The Morgan fingerprint density at radius 2 is 2.00 bits per heavy atom. The first-order valence-electron chi connectivity index (χ1n) is 10.2. The predicted molar refractivity (Wildman–Crippen MR) is 107 cm³/mol. The molecule has 9 heteroatoms. The number of carbonyl (C=O) groups excluding carboxylic acids is 1. The fourth-order valence-corrected chi connectivity index (χ4v) is 4.95. The minimum atomic E-state index is -2.94. The molecule has 0 bridgehead atoms. The van der Waals surface area contributed by atoms with Gasteiger partial charge in [-0.3, -0.25) is 19.2 Å². The smallest absolute Gasteiger partial charge is 0.261 e. The molecule has 1 spiro atoms. The maximum atomic E-state index is 14.8. The molecule has 2 aromatic rings. The molecule has 30 heavy (non-hydrogen) atoms. The molecular weight excluding hydrogens is 392 g/mol. The van der Waals surface area contributed by atoms with Gasteiger partial charge in [0.25, 0.3) is 5.92 Å². The number of H-pyrrole nitrogens is 1. The number of hydrogen-bond donors (Lipinski definition) is 1. The van der Waals surface area contributed by atoms with E-state index in [1.54, 1.807) is 26.7 Å². The molecule has 2 aliphatic heterocycles. The molecule has 1 atom stereocenters. The lowest BCUT2D eigenvalue weighted by molar-refractivity contribution is -0.171. The molecule has 4 rings (SSSR count). The first kappa shape index (κ1) is 20.7. The first-order valence-corrected chi connectivity index (χ1v) is 10.2. The van der Waals surface area contributed by atoms with Gasteiger partial charge in [0.05, 0.1) is 29.9 Å². The number of nitrogens with one attached hydrogen (secondary N) is 1. The quantitative estimate of drug-likeness (QED) is 0.824. The Morgan fingerprint density at radius 1 is 1.20 bits per heavy atom. The Morgan fingerprint density at radius 3 is 2.67 bits per heavy atom. The number of piperidine rings is 2. The van der Waals surface area contributed by atoms with Crippen LogP contribution in [-0.2, 0) is 24.9 Å². The topological polar surface area (TPSA) is 74.2 Å². The van der Waals surface area contributed by atoms with Gasteiger partial charge in [0.2, 0.25) is 11.5 Å². The van der Waals surface area contributed by atoms with Crippen LogP contribution in [0.15, 0.2) is 29.2 Å². The number of pyridine rings is 1. The fraction of sp³-hybridized carbons (Fsp3) is 0.571. The van der Waals surface area contributed by atoms with Crippen LogP contribution < -0.4 is 5.56 Å². The van der Waals surface area contributed by atoms with E-state index in [0.717, 1.165) is 17.0 Å². The summed E-state index contributed by atoms with van der Waals surface area (Å²) in [5, 5.41) is 4.32. The zero-order valence-electron chi connectivity index (χ0n) is 17.3. The molecular formula is C21H27F2N5O2. The number of aromatic amines is 1. The van der Waals surface area contributed by atoms with Gasteiger partial charge in [-0.2, -0.15) is 5.10 Å². The summed E-state index contributed by atoms with van der Waals surface area (Å²) in [6, 6.07) is 4.95. The van der Waals surface area contributed by atoms with Crippen LogP contribution in [0, 0.1) is 12.3 Å². The van der Waals surface area contributed by atoms with Gasteiger partial charge < -0.3 is 9.88 Å². The zero-order valence-corrected chi connectivity index (χ0v) is 17.3. The zero-order chi connectivity index (χ0) is 21.5. The third kappa shape index (κ3) is 4.16. The second-order valence-corrected chi connectivity index (χ2v) is 8.75. The van der Waals surface area contributed by atoms with Gasteiger partial charge in [0.15, 0.2) is 0 Å². The van der Waals surface area contributed by atoms with Gasteiger partial charge in [-0.25, -0.2) is 8.78 Å². The highest BCUT2D eigenvalue weighted by Gasteiger charge is 2.55. The Labute approximate surface area is 173 Å². The minimum Gasteiger partial charge on any atom is -0.336 e. The van der Waals surface area contributed by atoms with Crippen LogP contribution in [0.25, 0.3) is 0 Å². The molecule has 1 N–H and O–H groups in total. The molecule has 0 saturated carbocycles. The van der Waals surface area contributed by atoms with E-state index in [1.165, 1.54) is 6.07 Å². The molecule has 0 radical (unpaired) electrons. The highest BCUT2D eigenvalue weighted by molar-refractivity contribution is 5.84. The van der Waals surface area contributed by atoms with Gasteiger partial charge in [0, 0.05) is 45.4 Å². The summed E-state index contributed by atoms with van der Waals surface area (Å²) in [6.45, 7) is 3.00. The molecule has 2 fully saturated rings. The summed E-state index contributed by atoms with van der Waals surface area (Å²) >= 11 is 0. The van der Waals surface area contributed by atoms with Crippen LogP contribution in [0.4, 0.5) is 8.78 Å². The van der Waals surface area contributed by atoms with Crippen molar-refractivity contribution in [1.82, 2.24) is 24.6 Å². The second kappa shape index (κ2) is 7.61. The molecule has 0 aromatic carbocycles. The number of alkyl halides is 2. The average Bonchev–Trinajstić information content (AvgIpc) is 2.97. The summed E-state index contributed by atoms with van der Waals surface area (Å²) in [6.07, 6.45) is 2.29. The van der Waals surface area contributed by atoms with Crippen molar-refractivity contribution in [3.05, 3.63) is 51.7 Å². The van der Waals surface area contributed by atoms with E-state index >= 15 is 0 Å². The van der Waals surface area contributed by atoms with E-state index in [-0.39, 0.29) is 24.6 Å². The Hall–Kier alpha value is -2.55. The average molecular weight is 419 g/mol. The molecule has 4 heterocycles. The van der Waals surface area contributed by atoms with E-state index in [4.69, 9.17) is 0 Å². The van der Waals surface area contributed by atoms with Crippen molar-refractivity contribution in [2.45, 2.75) is 45.2 Å². The lowest BCUT2D eigenvalue weighted by Gasteiger charge is -2.49. The number of aromatic nitrogens is 3. The Bertz CT molecular complexity index is 981. The summed E-state index contributed by atoms with van der Waals surface area (Å²) in [5.41, 5.74) is 1.18. The van der Waals surface area contributed by atoms with Crippen LogP contribution in [0.5, 0.6) is 0 Å². The van der Waals surface area contributed by atoms with Crippen LogP contribution in [-0.4, -0.2) is 56.0 Å². The van der Waals surface area contributed by atoms with Gasteiger partial charge in [-0.15, -0.1) is 0 Å². The van der Waals surface area contributed by atoms with Crippen LogP contribution in [0.3, 0.4) is 0 Å². The van der Waals surface area contributed by atoms with Gasteiger partial charge >= 0.3 is 0 Å². The van der Waals surface area contributed by atoms with Crippen LogP contribution in [0.2, 0.25) is 0 Å². The molecule has 2 aliphatic rings. The lowest BCUT2D eigenvalue weighted by Crippen LogP contribution is -2.60. The summed E-state index contributed by atoms with van der Waals surface area (Å²) in [7, 11) is 1.83.